The second kappa shape index (κ2) is 7.68. The summed E-state index contributed by atoms with van der Waals surface area (Å²) >= 11 is 0. The normalized spacial score (nSPS) is 10.0. The van der Waals surface area contributed by atoms with E-state index in [1.165, 1.54) is 0 Å². The van der Waals surface area contributed by atoms with E-state index in [9.17, 15) is 4.79 Å². The smallest absolute Gasteiger partial charge is 0.234 e. The van der Waals surface area contributed by atoms with E-state index >= 15 is 0 Å². The second-order valence-electron chi connectivity index (χ2n) is 3.80. The number of ether oxygens (including phenoxy) is 1. The molecule has 0 heterocycles. The van der Waals surface area contributed by atoms with E-state index in [1.807, 2.05) is 24.3 Å². The van der Waals surface area contributed by atoms with Crippen molar-refractivity contribution >= 4 is 5.91 Å². The zero-order valence-electron chi connectivity index (χ0n) is 10.5. The van der Waals surface area contributed by atoms with Crippen LogP contribution < -0.4 is 15.4 Å². The highest BCUT2D eigenvalue weighted by molar-refractivity contribution is 5.77. The molecular weight excluding hydrogens is 216 g/mol. The van der Waals surface area contributed by atoms with E-state index in [4.69, 9.17) is 4.74 Å². The number of hydrogen-bond acceptors (Lipinski definition) is 3. The van der Waals surface area contributed by atoms with Crippen molar-refractivity contribution in [3.63, 3.8) is 0 Å². The number of hydrogen-bond donors (Lipinski definition) is 2. The maximum Gasteiger partial charge on any atom is 0.234 e. The molecular formula is C13H20N2O2. The first kappa shape index (κ1) is 13.5. The Morgan fingerprint density at radius 2 is 2.00 bits per heavy atom. The molecule has 1 rings (SSSR count). The lowest BCUT2D eigenvalue weighted by Crippen LogP contribution is -2.33. The van der Waals surface area contributed by atoms with Crippen LogP contribution in [0.5, 0.6) is 5.75 Å². The number of benzene rings is 1. The molecule has 0 saturated heterocycles. The van der Waals surface area contributed by atoms with E-state index in [0.717, 1.165) is 24.3 Å². The third-order valence-electron chi connectivity index (χ3n) is 2.36. The monoisotopic (exact) mass is 236 g/mol. The summed E-state index contributed by atoms with van der Waals surface area (Å²) in [5.74, 6) is 0.846. The highest BCUT2D eigenvalue weighted by atomic mass is 16.5. The minimum atomic E-state index is 0.0225. The number of methoxy groups -OCH3 is 1. The molecule has 0 aliphatic rings. The van der Waals surface area contributed by atoms with Gasteiger partial charge in [0.2, 0.25) is 5.91 Å². The van der Waals surface area contributed by atoms with Gasteiger partial charge in [0.1, 0.15) is 5.75 Å². The van der Waals surface area contributed by atoms with Crippen LogP contribution in [0, 0.1) is 0 Å². The zero-order chi connectivity index (χ0) is 12.5. The summed E-state index contributed by atoms with van der Waals surface area (Å²) in [5.41, 5.74) is 1.06. The molecule has 0 fully saturated rings. The molecule has 4 nitrogen and oxygen atoms in total. The van der Waals surface area contributed by atoms with Crippen molar-refractivity contribution in [2.75, 3.05) is 20.2 Å². The maximum absolute atomic E-state index is 11.4. The molecule has 2 N–H and O–H groups in total. The number of nitrogens with one attached hydrogen (secondary N) is 2. The summed E-state index contributed by atoms with van der Waals surface area (Å²) in [7, 11) is 1.64. The molecule has 0 unspecified atom stereocenters. The maximum atomic E-state index is 11.4. The van der Waals surface area contributed by atoms with Gasteiger partial charge in [0, 0.05) is 6.54 Å². The Hall–Kier alpha value is -1.55. The number of carbonyl (C=O) groups is 1. The molecule has 94 valence electrons. The first-order valence-electron chi connectivity index (χ1n) is 5.86. The Balaban J connectivity index is 2.27. The summed E-state index contributed by atoms with van der Waals surface area (Å²) in [6.45, 7) is 3.87. The Labute approximate surface area is 102 Å². The van der Waals surface area contributed by atoms with Crippen molar-refractivity contribution in [1.82, 2.24) is 10.6 Å². The molecule has 1 amide bonds. The fourth-order valence-corrected chi connectivity index (χ4v) is 1.39. The highest BCUT2D eigenvalue weighted by Gasteiger charge is 2.00. The fraction of sp³-hybridized carbons (Fsp3) is 0.462. The van der Waals surface area contributed by atoms with Crippen molar-refractivity contribution in [1.29, 1.82) is 0 Å². The van der Waals surface area contributed by atoms with Crippen LogP contribution in [0.25, 0.3) is 0 Å². The predicted molar refractivity (Wildman–Crippen MR) is 68.0 cm³/mol. The van der Waals surface area contributed by atoms with Crippen LogP contribution in [0.2, 0.25) is 0 Å². The topological polar surface area (TPSA) is 50.4 Å². The van der Waals surface area contributed by atoms with Crippen molar-refractivity contribution < 1.29 is 9.53 Å². The fourth-order valence-electron chi connectivity index (χ4n) is 1.39. The minimum absolute atomic E-state index is 0.0225. The lowest BCUT2D eigenvalue weighted by Gasteiger charge is -2.06. The van der Waals surface area contributed by atoms with Gasteiger partial charge in [-0.2, -0.15) is 0 Å². The predicted octanol–water partition coefficient (Wildman–Crippen LogP) is 1.31. The van der Waals surface area contributed by atoms with Gasteiger partial charge in [0.05, 0.1) is 13.7 Å². The molecule has 0 aromatic heterocycles. The summed E-state index contributed by atoms with van der Waals surface area (Å²) < 4.78 is 5.06. The molecule has 0 spiro atoms. The molecule has 4 heteroatoms. The lowest BCUT2D eigenvalue weighted by atomic mass is 10.2. The van der Waals surface area contributed by atoms with E-state index in [-0.39, 0.29) is 5.91 Å². The van der Waals surface area contributed by atoms with E-state index in [1.54, 1.807) is 7.11 Å². The van der Waals surface area contributed by atoms with Gasteiger partial charge in [-0.1, -0.05) is 19.1 Å². The van der Waals surface area contributed by atoms with Crippen LogP contribution in [0.1, 0.15) is 18.9 Å². The number of carbonyl (C=O) groups excluding carboxylic acids is 1. The van der Waals surface area contributed by atoms with Crippen LogP contribution >= 0.6 is 0 Å². The largest absolute Gasteiger partial charge is 0.497 e. The van der Waals surface area contributed by atoms with Gasteiger partial charge in [0.15, 0.2) is 0 Å². The van der Waals surface area contributed by atoms with E-state index in [0.29, 0.717) is 13.1 Å². The third-order valence-corrected chi connectivity index (χ3v) is 2.36. The molecule has 17 heavy (non-hydrogen) atoms. The van der Waals surface area contributed by atoms with Crippen molar-refractivity contribution in [3.05, 3.63) is 29.8 Å². The molecule has 0 saturated carbocycles. The van der Waals surface area contributed by atoms with Crippen LogP contribution in [0.3, 0.4) is 0 Å². The Bertz CT molecular complexity index is 336. The van der Waals surface area contributed by atoms with E-state index in [2.05, 4.69) is 17.6 Å². The van der Waals surface area contributed by atoms with Crippen LogP contribution in [0.15, 0.2) is 24.3 Å². The first-order chi connectivity index (χ1) is 8.26. The number of rotatable bonds is 7. The Morgan fingerprint density at radius 3 is 2.59 bits per heavy atom. The summed E-state index contributed by atoms with van der Waals surface area (Å²) in [6, 6.07) is 7.66. The Morgan fingerprint density at radius 1 is 1.29 bits per heavy atom. The van der Waals surface area contributed by atoms with Crippen molar-refractivity contribution in [3.8, 4) is 5.75 Å². The first-order valence-corrected chi connectivity index (χ1v) is 5.86. The Kier molecular flexibility index (Phi) is 6.10. The van der Waals surface area contributed by atoms with Crippen LogP contribution in [0.4, 0.5) is 0 Å². The molecule has 0 aliphatic heterocycles. The standard InChI is InChI=1S/C13H20N2O2/c1-3-8-14-10-13(16)15-9-11-4-6-12(17-2)7-5-11/h4-7,14H,3,8-10H2,1-2H3,(H,15,16). The minimum Gasteiger partial charge on any atom is -0.497 e. The molecule has 0 bridgehead atoms. The van der Waals surface area contributed by atoms with Crippen LogP contribution in [-0.2, 0) is 11.3 Å². The van der Waals surface area contributed by atoms with Gasteiger partial charge >= 0.3 is 0 Å². The van der Waals surface area contributed by atoms with Crippen molar-refractivity contribution in [2.24, 2.45) is 0 Å². The zero-order valence-corrected chi connectivity index (χ0v) is 10.5. The lowest BCUT2D eigenvalue weighted by molar-refractivity contribution is -0.120. The quantitative estimate of drug-likeness (QED) is 0.702. The molecule has 1 aromatic rings. The van der Waals surface area contributed by atoms with Gasteiger partial charge < -0.3 is 15.4 Å². The number of amides is 1. The van der Waals surface area contributed by atoms with Crippen molar-refractivity contribution in [2.45, 2.75) is 19.9 Å². The van der Waals surface area contributed by atoms with Gasteiger partial charge in [-0.25, -0.2) is 0 Å². The van der Waals surface area contributed by atoms with Gasteiger partial charge in [-0.3, -0.25) is 4.79 Å². The van der Waals surface area contributed by atoms with Gasteiger partial charge in [-0.05, 0) is 30.7 Å². The highest BCUT2D eigenvalue weighted by Crippen LogP contribution is 2.10. The third kappa shape index (κ3) is 5.36. The van der Waals surface area contributed by atoms with Crippen LogP contribution in [-0.4, -0.2) is 26.1 Å². The average molecular weight is 236 g/mol. The van der Waals surface area contributed by atoms with Gasteiger partial charge in [0.25, 0.3) is 0 Å². The summed E-state index contributed by atoms with van der Waals surface area (Å²) in [6.07, 6.45) is 1.03. The van der Waals surface area contributed by atoms with Gasteiger partial charge in [-0.15, -0.1) is 0 Å². The summed E-state index contributed by atoms with van der Waals surface area (Å²) in [4.78, 5) is 11.4. The summed E-state index contributed by atoms with van der Waals surface area (Å²) in [5, 5.41) is 5.91. The molecule has 0 radical (unpaired) electrons. The molecule has 0 aliphatic carbocycles. The molecule has 0 atom stereocenters. The SMILES string of the molecule is CCCNCC(=O)NCc1ccc(OC)cc1. The molecule has 1 aromatic carbocycles. The second-order valence-corrected chi connectivity index (χ2v) is 3.80. The van der Waals surface area contributed by atoms with E-state index < -0.39 is 0 Å². The average Bonchev–Trinajstić information content (AvgIpc) is 2.37.